The molecule has 1 aliphatic carbocycles. The minimum absolute atomic E-state index is 0.279. The molecule has 1 aliphatic rings. The molecule has 0 atom stereocenters. The minimum atomic E-state index is 0.279. The highest BCUT2D eigenvalue weighted by Gasteiger charge is 2.25. The maximum atomic E-state index is 5.62. The fourth-order valence-electron chi connectivity index (χ4n) is 3.93. The van der Waals surface area contributed by atoms with Crippen molar-refractivity contribution in [3.63, 3.8) is 0 Å². The predicted octanol–water partition coefficient (Wildman–Crippen LogP) is 5.08. The van der Waals surface area contributed by atoms with Gasteiger partial charge in [-0.1, -0.05) is 13.8 Å². The molecule has 0 unspecified atom stereocenters. The smallest absolute Gasteiger partial charge is 0.147 e. The lowest BCUT2D eigenvalue weighted by molar-refractivity contribution is 0.0787. The lowest BCUT2D eigenvalue weighted by Crippen LogP contribution is -2.10. The second-order valence-corrected chi connectivity index (χ2v) is 8.84. The summed E-state index contributed by atoms with van der Waals surface area (Å²) >= 11 is 1.72. The summed E-state index contributed by atoms with van der Waals surface area (Å²) in [4.78, 5) is 15.3. The number of aromatic nitrogens is 3. The van der Waals surface area contributed by atoms with Gasteiger partial charge in [0, 0.05) is 24.2 Å². The Bertz CT molecular complexity index is 964. The summed E-state index contributed by atoms with van der Waals surface area (Å²) in [6, 6.07) is 0. The summed E-state index contributed by atoms with van der Waals surface area (Å²) in [7, 11) is 0. The molecule has 0 aromatic carbocycles. The van der Waals surface area contributed by atoms with Gasteiger partial charge < -0.3 is 10.1 Å². The second kappa shape index (κ2) is 7.68. The number of pyridine rings is 1. The molecule has 0 amide bonds. The van der Waals surface area contributed by atoms with Crippen LogP contribution in [0.25, 0.3) is 20.4 Å². The highest BCUT2D eigenvalue weighted by Crippen LogP contribution is 2.42. The molecule has 5 nitrogen and oxygen atoms in total. The average Bonchev–Trinajstić information content (AvgIpc) is 3.24. The number of aryl methyl sites for hydroxylation is 1. The third kappa shape index (κ3) is 3.52. The number of ether oxygens (including phenoxy) is 1. The van der Waals surface area contributed by atoms with E-state index in [9.17, 15) is 0 Å². The lowest BCUT2D eigenvalue weighted by atomic mass is 9.99. The molecule has 1 N–H and O–H groups in total. The van der Waals surface area contributed by atoms with E-state index < -0.39 is 0 Å². The monoisotopic (exact) mass is 384 g/mol. The van der Waals surface area contributed by atoms with Gasteiger partial charge in [0.15, 0.2) is 0 Å². The Morgan fingerprint density at radius 2 is 1.96 bits per heavy atom. The van der Waals surface area contributed by atoms with Crippen molar-refractivity contribution < 1.29 is 4.74 Å². The SMILES string of the molecule is CC(C)OCCCNc1ncnc2c1sc1nc(C(C)C)c3c(c12)CCC3. The molecule has 0 radical (unpaired) electrons. The zero-order valence-corrected chi connectivity index (χ0v) is 17.4. The fourth-order valence-corrected chi connectivity index (χ4v) is 5.06. The summed E-state index contributed by atoms with van der Waals surface area (Å²) in [5, 5.41) is 4.74. The van der Waals surface area contributed by atoms with Crippen molar-refractivity contribution in [2.45, 2.75) is 65.4 Å². The first-order valence-corrected chi connectivity index (χ1v) is 10.8. The molecule has 4 rings (SSSR count). The number of rotatable bonds is 7. The Hall–Kier alpha value is -1.79. The van der Waals surface area contributed by atoms with E-state index in [1.165, 1.54) is 28.6 Å². The molecule has 27 heavy (non-hydrogen) atoms. The van der Waals surface area contributed by atoms with Gasteiger partial charge in [0.05, 0.1) is 16.3 Å². The van der Waals surface area contributed by atoms with Crippen molar-refractivity contribution in [1.29, 1.82) is 0 Å². The zero-order chi connectivity index (χ0) is 19.0. The third-order valence-corrected chi connectivity index (χ3v) is 6.20. The van der Waals surface area contributed by atoms with E-state index in [4.69, 9.17) is 9.72 Å². The summed E-state index contributed by atoms with van der Waals surface area (Å²) in [6.07, 6.45) is 6.42. The Morgan fingerprint density at radius 3 is 2.74 bits per heavy atom. The molecule has 0 saturated heterocycles. The molecule has 0 aliphatic heterocycles. The van der Waals surface area contributed by atoms with Crippen molar-refractivity contribution >= 4 is 37.6 Å². The number of fused-ring (bicyclic) bond motifs is 5. The minimum Gasteiger partial charge on any atom is -0.379 e. The summed E-state index contributed by atoms with van der Waals surface area (Å²) in [5.74, 6) is 1.38. The van der Waals surface area contributed by atoms with Gasteiger partial charge in [-0.15, -0.1) is 11.3 Å². The normalized spacial score (nSPS) is 14.0. The van der Waals surface area contributed by atoms with Gasteiger partial charge in [0.25, 0.3) is 0 Å². The highest BCUT2D eigenvalue weighted by molar-refractivity contribution is 7.26. The maximum Gasteiger partial charge on any atom is 0.147 e. The largest absolute Gasteiger partial charge is 0.379 e. The summed E-state index contributed by atoms with van der Waals surface area (Å²) in [6.45, 7) is 10.2. The molecule has 144 valence electrons. The number of hydrogen-bond donors (Lipinski definition) is 1. The van der Waals surface area contributed by atoms with E-state index in [2.05, 4.69) is 43.0 Å². The first kappa shape index (κ1) is 18.6. The van der Waals surface area contributed by atoms with Gasteiger partial charge in [-0.25, -0.2) is 15.0 Å². The molecule has 6 heteroatoms. The van der Waals surface area contributed by atoms with Crippen LogP contribution < -0.4 is 5.32 Å². The van der Waals surface area contributed by atoms with E-state index in [0.29, 0.717) is 5.92 Å². The second-order valence-electron chi connectivity index (χ2n) is 7.84. The van der Waals surface area contributed by atoms with Gasteiger partial charge in [-0.05, 0) is 56.6 Å². The van der Waals surface area contributed by atoms with E-state index in [1.54, 1.807) is 17.7 Å². The van der Waals surface area contributed by atoms with Crippen LogP contribution in [0.4, 0.5) is 5.82 Å². The van der Waals surface area contributed by atoms with Crippen molar-refractivity contribution in [2.24, 2.45) is 0 Å². The van der Waals surface area contributed by atoms with Crippen LogP contribution in [-0.2, 0) is 17.6 Å². The number of thiophene rings is 1. The van der Waals surface area contributed by atoms with E-state index in [0.717, 1.165) is 53.3 Å². The van der Waals surface area contributed by atoms with Crippen molar-refractivity contribution in [1.82, 2.24) is 15.0 Å². The quantitative estimate of drug-likeness (QED) is 0.576. The van der Waals surface area contributed by atoms with Crippen molar-refractivity contribution in [3.8, 4) is 0 Å². The number of nitrogens with one attached hydrogen (secondary N) is 1. The predicted molar refractivity (Wildman–Crippen MR) is 113 cm³/mol. The van der Waals surface area contributed by atoms with Crippen LogP contribution in [0.5, 0.6) is 0 Å². The molecule has 0 fully saturated rings. The highest BCUT2D eigenvalue weighted by atomic mass is 32.1. The topological polar surface area (TPSA) is 59.9 Å². The van der Waals surface area contributed by atoms with E-state index in [1.807, 2.05) is 0 Å². The summed E-state index contributed by atoms with van der Waals surface area (Å²) < 4.78 is 6.75. The van der Waals surface area contributed by atoms with Crippen LogP contribution in [0.2, 0.25) is 0 Å². The number of hydrogen-bond acceptors (Lipinski definition) is 6. The van der Waals surface area contributed by atoms with Crippen molar-refractivity contribution in [2.75, 3.05) is 18.5 Å². The van der Waals surface area contributed by atoms with Crippen LogP contribution >= 0.6 is 11.3 Å². The van der Waals surface area contributed by atoms with Gasteiger partial charge >= 0.3 is 0 Å². The first-order chi connectivity index (χ1) is 13.1. The molecule has 0 bridgehead atoms. The van der Waals surface area contributed by atoms with Crippen LogP contribution in [0.1, 0.15) is 63.3 Å². The standard InChI is InChI=1S/C21H28N4OS/c1-12(2)17-15-8-5-7-14(15)16-18-19(27-21(16)25-17)20(24-11-23-18)22-9-6-10-26-13(3)4/h11-13H,5-10H2,1-4H3,(H,22,23,24). The van der Waals surface area contributed by atoms with Gasteiger partial charge in [-0.2, -0.15) is 0 Å². The van der Waals surface area contributed by atoms with E-state index in [-0.39, 0.29) is 6.10 Å². The van der Waals surface area contributed by atoms with E-state index >= 15 is 0 Å². The molecular weight excluding hydrogens is 356 g/mol. The van der Waals surface area contributed by atoms with Crippen LogP contribution in [0.15, 0.2) is 6.33 Å². The molecule has 3 aromatic rings. The number of anilines is 1. The number of nitrogens with zero attached hydrogens (tertiary/aromatic N) is 3. The average molecular weight is 385 g/mol. The molecular formula is C21H28N4OS. The third-order valence-electron chi connectivity index (χ3n) is 5.12. The zero-order valence-electron chi connectivity index (χ0n) is 16.6. The van der Waals surface area contributed by atoms with Crippen molar-refractivity contribution in [3.05, 3.63) is 23.1 Å². The Balaban J connectivity index is 1.70. The van der Waals surface area contributed by atoms with Crippen LogP contribution in [0, 0.1) is 0 Å². The van der Waals surface area contributed by atoms with Crippen LogP contribution in [0.3, 0.4) is 0 Å². The Labute approximate surface area is 164 Å². The molecule has 0 saturated carbocycles. The van der Waals surface area contributed by atoms with Gasteiger partial charge in [0.1, 0.15) is 17.0 Å². The first-order valence-electron chi connectivity index (χ1n) is 10.0. The molecule has 0 spiro atoms. The van der Waals surface area contributed by atoms with Gasteiger partial charge in [0.2, 0.25) is 0 Å². The lowest BCUT2D eigenvalue weighted by Gasteiger charge is -2.11. The molecule has 3 aromatic heterocycles. The van der Waals surface area contributed by atoms with Gasteiger partial charge in [-0.3, -0.25) is 0 Å². The fraction of sp³-hybridized carbons (Fsp3) is 0.571. The summed E-state index contributed by atoms with van der Waals surface area (Å²) in [5.41, 5.74) is 5.28. The van der Waals surface area contributed by atoms with Crippen LogP contribution in [-0.4, -0.2) is 34.2 Å². The Kier molecular flexibility index (Phi) is 5.28. The maximum absolute atomic E-state index is 5.62. The molecule has 3 heterocycles. The Morgan fingerprint density at radius 1 is 1.15 bits per heavy atom.